The Morgan fingerprint density at radius 2 is 2.19 bits per heavy atom. The average molecular weight is 242 g/mol. The maximum absolute atomic E-state index is 11.1. The van der Waals surface area contributed by atoms with Gasteiger partial charge in [0.2, 0.25) is 0 Å². The molecular formula is C11H18N2O2S. The van der Waals surface area contributed by atoms with E-state index in [0.717, 1.165) is 5.69 Å². The lowest BCUT2D eigenvalue weighted by Gasteiger charge is -2.20. The standard InChI is InChI=1S/C11H18N2O2S/c1-11(2,3)8-7-12-10(16)13(8)6-5-9(14)15-4/h7H,5-6H2,1-4H3,(H,12,16). The quantitative estimate of drug-likeness (QED) is 0.654. The molecule has 5 heteroatoms. The second kappa shape index (κ2) is 4.82. The molecule has 0 aliphatic heterocycles. The van der Waals surface area contributed by atoms with E-state index < -0.39 is 0 Å². The Labute approximate surface area is 101 Å². The van der Waals surface area contributed by atoms with Crippen molar-refractivity contribution in [2.75, 3.05) is 7.11 Å². The van der Waals surface area contributed by atoms with Crippen LogP contribution in [0.25, 0.3) is 0 Å². The number of H-pyrrole nitrogens is 1. The van der Waals surface area contributed by atoms with Gasteiger partial charge in [0, 0.05) is 23.9 Å². The third-order valence-electron chi connectivity index (χ3n) is 2.40. The topological polar surface area (TPSA) is 47.0 Å². The van der Waals surface area contributed by atoms with Crippen LogP contribution in [0.2, 0.25) is 0 Å². The van der Waals surface area contributed by atoms with Crippen LogP contribution < -0.4 is 0 Å². The number of carbonyl (C=O) groups is 1. The highest BCUT2D eigenvalue weighted by Crippen LogP contribution is 2.22. The van der Waals surface area contributed by atoms with Crippen molar-refractivity contribution in [3.8, 4) is 0 Å². The largest absolute Gasteiger partial charge is 0.469 e. The van der Waals surface area contributed by atoms with Crippen molar-refractivity contribution in [3.63, 3.8) is 0 Å². The van der Waals surface area contributed by atoms with Gasteiger partial charge in [0.15, 0.2) is 4.77 Å². The van der Waals surface area contributed by atoms with Crippen LogP contribution in [0.3, 0.4) is 0 Å². The predicted octanol–water partition coefficient (Wildman–Crippen LogP) is 2.41. The Morgan fingerprint density at radius 3 is 2.69 bits per heavy atom. The molecule has 0 aliphatic rings. The number of imidazole rings is 1. The second-order valence-electron chi connectivity index (χ2n) is 4.71. The number of nitrogens with one attached hydrogen (secondary N) is 1. The molecule has 0 aliphatic carbocycles. The molecule has 0 unspecified atom stereocenters. The van der Waals surface area contributed by atoms with Gasteiger partial charge in [0.05, 0.1) is 13.5 Å². The predicted molar refractivity (Wildman–Crippen MR) is 64.9 cm³/mol. The second-order valence-corrected chi connectivity index (χ2v) is 5.09. The van der Waals surface area contributed by atoms with E-state index in [9.17, 15) is 4.79 Å². The lowest BCUT2D eigenvalue weighted by Crippen LogP contribution is -2.19. The lowest BCUT2D eigenvalue weighted by atomic mass is 9.92. The molecule has 4 nitrogen and oxygen atoms in total. The summed E-state index contributed by atoms with van der Waals surface area (Å²) in [6.45, 7) is 6.89. The van der Waals surface area contributed by atoms with Crippen LogP contribution in [0.15, 0.2) is 6.20 Å². The van der Waals surface area contributed by atoms with Gasteiger partial charge in [-0.05, 0) is 12.2 Å². The summed E-state index contributed by atoms with van der Waals surface area (Å²) in [5.41, 5.74) is 1.10. The van der Waals surface area contributed by atoms with Crippen molar-refractivity contribution in [2.45, 2.75) is 39.2 Å². The number of hydrogen-bond acceptors (Lipinski definition) is 3. The number of carbonyl (C=O) groups excluding carboxylic acids is 1. The molecule has 0 aromatic carbocycles. The number of aromatic amines is 1. The SMILES string of the molecule is COC(=O)CCn1c(C(C)(C)C)c[nH]c1=S. The van der Waals surface area contributed by atoms with Crippen LogP contribution >= 0.6 is 12.2 Å². The van der Waals surface area contributed by atoms with Crippen molar-refractivity contribution in [1.29, 1.82) is 0 Å². The van der Waals surface area contributed by atoms with Crippen molar-refractivity contribution < 1.29 is 9.53 Å². The summed E-state index contributed by atoms with van der Waals surface area (Å²) in [5.74, 6) is -0.219. The third kappa shape index (κ3) is 2.95. The monoisotopic (exact) mass is 242 g/mol. The highest BCUT2D eigenvalue weighted by Gasteiger charge is 2.19. The van der Waals surface area contributed by atoms with E-state index in [-0.39, 0.29) is 11.4 Å². The van der Waals surface area contributed by atoms with Crippen molar-refractivity contribution in [1.82, 2.24) is 9.55 Å². The summed E-state index contributed by atoms with van der Waals surface area (Å²) in [5, 5.41) is 0. The smallest absolute Gasteiger partial charge is 0.307 e. The van der Waals surface area contributed by atoms with Crippen LogP contribution in [-0.4, -0.2) is 22.6 Å². The molecule has 0 radical (unpaired) electrons. The fraction of sp³-hybridized carbons (Fsp3) is 0.636. The Kier molecular flexibility index (Phi) is 3.91. The fourth-order valence-electron chi connectivity index (χ4n) is 1.54. The lowest BCUT2D eigenvalue weighted by molar-refractivity contribution is -0.140. The van der Waals surface area contributed by atoms with E-state index in [1.165, 1.54) is 7.11 Å². The number of ether oxygens (including phenoxy) is 1. The Bertz CT molecular complexity index is 426. The number of hydrogen-bond donors (Lipinski definition) is 1. The van der Waals surface area contributed by atoms with Gasteiger partial charge in [0.25, 0.3) is 0 Å². The van der Waals surface area contributed by atoms with Crippen LogP contribution in [0, 0.1) is 4.77 Å². The molecule has 0 fully saturated rings. The molecule has 1 heterocycles. The van der Waals surface area contributed by atoms with Gasteiger partial charge in [-0.2, -0.15) is 0 Å². The van der Waals surface area contributed by atoms with E-state index in [0.29, 0.717) is 17.7 Å². The number of esters is 1. The first kappa shape index (κ1) is 13.0. The minimum Gasteiger partial charge on any atom is -0.469 e. The van der Waals surface area contributed by atoms with E-state index in [1.807, 2.05) is 10.8 Å². The van der Waals surface area contributed by atoms with Gasteiger partial charge in [0.1, 0.15) is 0 Å². The minimum atomic E-state index is -0.219. The maximum Gasteiger partial charge on any atom is 0.307 e. The van der Waals surface area contributed by atoms with Gasteiger partial charge in [-0.3, -0.25) is 4.79 Å². The molecule has 16 heavy (non-hydrogen) atoms. The summed E-state index contributed by atoms with van der Waals surface area (Å²) < 4.78 is 7.22. The summed E-state index contributed by atoms with van der Waals surface area (Å²) in [6.07, 6.45) is 2.24. The fourth-order valence-corrected chi connectivity index (χ4v) is 1.79. The molecule has 0 spiro atoms. The van der Waals surface area contributed by atoms with Crippen molar-refractivity contribution >= 4 is 18.2 Å². The molecule has 0 atom stereocenters. The Morgan fingerprint density at radius 1 is 1.56 bits per heavy atom. The molecule has 1 aromatic rings. The van der Waals surface area contributed by atoms with Crippen LogP contribution in [0.5, 0.6) is 0 Å². The van der Waals surface area contributed by atoms with E-state index >= 15 is 0 Å². The normalized spacial score (nSPS) is 11.5. The molecular weight excluding hydrogens is 224 g/mol. The van der Waals surface area contributed by atoms with Crippen LogP contribution in [0.1, 0.15) is 32.9 Å². The molecule has 0 bridgehead atoms. The maximum atomic E-state index is 11.1. The molecule has 0 saturated heterocycles. The first-order valence-corrected chi connectivity index (χ1v) is 5.62. The summed E-state index contributed by atoms with van der Waals surface area (Å²) >= 11 is 5.19. The van der Waals surface area contributed by atoms with Crippen molar-refractivity contribution in [3.05, 3.63) is 16.7 Å². The van der Waals surface area contributed by atoms with E-state index in [4.69, 9.17) is 12.2 Å². The molecule has 0 amide bonds. The number of aromatic nitrogens is 2. The van der Waals surface area contributed by atoms with Gasteiger partial charge in [-0.25, -0.2) is 0 Å². The zero-order chi connectivity index (χ0) is 12.3. The molecule has 1 aromatic heterocycles. The summed E-state index contributed by atoms with van der Waals surface area (Å²) in [7, 11) is 1.39. The van der Waals surface area contributed by atoms with Gasteiger partial charge >= 0.3 is 5.97 Å². The zero-order valence-corrected chi connectivity index (χ0v) is 11.0. The highest BCUT2D eigenvalue weighted by atomic mass is 32.1. The number of rotatable bonds is 3. The highest BCUT2D eigenvalue weighted by molar-refractivity contribution is 7.71. The number of nitrogens with zero attached hydrogens (tertiary/aromatic N) is 1. The first-order chi connectivity index (χ1) is 7.36. The van der Waals surface area contributed by atoms with Gasteiger partial charge in [-0.15, -0.1) is 0 Å². The molecule has 90 valence electrons. The number of methoxy groups -OCH3 is 1. The van der Waals surface area contributed by atoms with Gasteiger partial charge < -0.3 is 14.3 Å². The zero-order valence-electron chi connectivity index (χ0n) is 10.2. The first-order valence-electron chi connectivity index (χ1n) is 5.21. The average Bonchev–Trinajstić information content (AvgIpc) is 2.55. The summed E-state index contributed by atoms with van der Waals surface area (Å²) in [4.78, 5) is 14.1. The molecule has 0 saturated carbocycles. The van der Waals surface area contributed by atoms with Crippen LogP contribution in [0.4, 0.5) is 0 Å². The molecule has 1 rings (SSSR count). The molecule has 1 N–H and O–H groups in total. The van der Waals surface area contributed by atoms with Crippen LogP contribution in [-0.2, 0) is 21.5 Å². The summed E-state index contributed by atoms with van der Waals surface area (Å²) in [6, 6.07) is 0. The van der Waals surface area contributed by atoms with E-state index in [2.05, 4.69) is 30.5 Å². The third-order valence-corrected chi connectivity index (χ3v) is 2.74. The van der Waals surface area contributed by atoms with Gasteiger partial charge in [-0.1, -0.05) is 20.8 Å². The van der Waals surface area contributed by atoms with Crippen molar-refractivity contribution in [2.24, 2.45) is 0 Å². The Balaban J connectivity index is 2.91. The Hall–Kier alpha value is -1.10. The minimum absolute atomic E-state index is 0.00365. The van der Waals surface area contributed by atoms with E-state index in [1.54, 1.807) is 0 Å².